The van der Waals surface area contributed by atoms with Gasteiger partial charge in [0.2, 0.25) is 0 Å². The Bertz CT molecular complexity index is 78.6. The fraction of sp³-hybridized carbons (Fsp3) is 1.00. The minimum Gasteiger partial charge on any atom is -0.0625 e. The molecule has 0 spiro atoms. The molecule has 2 fully saturated rings. The topological polar surface area (TPSA) is 0 Å². The zero-order valence-electron chi connectivity index (χ0n) is 8.65. The summed E-state index contributed by atoms with van der Waals surface area (Å²) >= 11 is 0. The van der Waals surface area contributed by atoms with E-state index in [1.165, 1.54) is 64.2 Å². The molecule has 0 aromatic heterocycles. The van der Waals surface area contributed by atoms with Crippen molar-refractivity contribution in [2.24, 2.45) is 5.92 Å². The average Bonchev–Trinajstić information content (AvgIpc) is 2.62. The summed E-state index contributed by atoms with van der Waals surface area (Å²) in [4.78, 5) is 0. The van der Waals surface area contributed by atoms with Crippen LogP contribution in [0.1, 0.15) is 71.1 Å². The van der Waals surface area contributed by atoms with Gasteiger partial charge in [-0.25, -0.2) is 0 Å². The third-order valence-corrected chi connectivity index (χ3v) is 3.14. The Labute approximate surface area is 77.7 Å². The Hall–Kier alpha value is 0. The summed E-state index contributed by atoms with van der Waals surface area (Å²) in [6.07, 6.45) is 14.9. The lowest BCUT2D eigenvalue weighted by Gasteiger charge is -2.15. The van der Waals surface area contributed by atoms with Crippen LogP contribution in [0.3, 0.4) is 0 Å². The Morgan fingerprint density at radius 1 is 0.583 bits per heavy atom. The van der Waals surface area contributed by atoms with E-state index < -0.39 is 0 Å². The molecule has 0 aromatic rings. The molecule has 0 heteroatoms. The maximum absolute atomic E-state index is 2.36. The Morgan fingerprint density at radius 2 is 0.917 bits per heavy atom. The minimum absolute atomic E-state index is 1.04. The molecule has 0 nitrogen and oxygen atoms in total. The van der Waals surface area contributed by atoms with Gasteiger partial charge in [0, 0.05) is 0 Å². The normalized spacial score (nSPS) is 24.8. The van der Waals surface area contributed by atoms with E-state index in [0.29, 0.717) is 0 Å². The second-order valence-electron chi connectivity index (χ2n) is 4.51. The summed E-state index contributed by atoms with van der Waals surface area (Å²) in [7, 11) is 0. The molecular weight excluding hydrogens is 144 g/mol. The van der Waals surface area contributed by atoms with Crippen LogP contribution < -0.4 is 0 Å². The Kier molecular flexibility index (Phi) is 5.47. The van der Waals surface area contributed by atoms with Gasteiger partial charge < -0.3 is 0 Å². The first-order chi connectivity index (χ1) is 5.89. The second-order valence-corrected chi connectivity index (χ2v) is 4.51. The van der Waals surface area contributed by atoms with Gasteiger partial charge in [0.1, 0.15) is 0 Å². The first-order valence-corrected chi connectivity index (χ1v) is 5.89. The van der Waals surface area contributed by atoms with E-state index in [2.05, 4.69) is 6.92 Å². The molecule has 2 rings (SSSR count). The van der Waals surface area contributed by atoms with Crippen LogP contribution in [0, 0.1) is 5.92 Å². The molecule has 2 aliphatic carbocycles. The third-order valence-electron chi connectivity index (χ3n) is 3.14. The van der Waals surface area contributed by atoms with E-state index in [9.17, 15) is 0 Å². The summed E-state index contributed by atoms with van der Waals surface area (Å²) < 4.78 is 0. The Balaban J connectivity index is 0.000000127. The zero-order chi connectivity index (χ0) is 8.65. The van der Waals surface area contributed by atoms with E-state index >= 15 is 0 Å². The first-order valence-electron chi connectivity index (χ1n) is 5.89. The van der Waals surface area contributed by atoms with Crippen molar-refractivity contribution in [3.8, 4) is 0 Å². The standard InChI is InChI=1S/C7H14.C5H10/c1-7-5-3-2-4-6-7;1-2-4-5-3-1/h7H,2-6H2,1H3;1-5H2. The van der Waals surface area contributed by atoms with Crippen molar-refractivity contribution in [3.05, 3.63) is 0 Å². The molecule has 0 aromatic carbocycles. The van der Waals surface area contributed by atoms with Crippen molar-refractivity contribution in [1.29, 1.82) is 0 Å². The van der Waals surface area contributed by atoms with Crippen molar-refractivity contribution in [2.45, 2.75) is 71.1 Å². The second kappa shape index (κ2) is 6.51. The van der Waals surface area contributed by atoms with Gasteiger partial charge in [0.25, 0.3) is 0 Å². The zero-order valence-corrected chi connectivity index (χ0v) is 8.65. The molecule has 0 amide bonds. The molecular formula is C12H24. The minimum atomic E-state index is 1.04. The van der Waals surface area contributed by atoms with Crippen LogP contribution in [-0.2, 0) is 0 Å². The molecule has 2 aliphatic rings. The first kappa shape index (κ1) is 10.1. The van der Waals surface area contributed by atoms with Crippen LogP contribution >= 0.6 is 0 Å². The lowest BCUT2D eigenvalue weighted by Crippen LogP contribution is -1.99. The van der Waals surface area contributed by atoms with Crippen LogP contribution in [0.5, 0.6) is 0 Å². The maximum atomic E-state index is 2.36. The van der Waals surface area contributed by atoms with Gasteiger partial charge in [0.05, 0.1) is 0 Å². The lowest BCUT2D eigenvalue weighted by molar-refractivity contribution is 0.385. The average molecular weight is 168 g/mol. The van der Waals surface area contributed by atoms with E-state index in [1.54, 1.807) is 0 Å². The van der Waals surface area contributed by atoms with Gasteiger partial charge in [-0.2, -0.15) is 0 Å². The van der Waals surface area contributed by atoms with Gasteiger partial charge >= 0.3 is 0 Å². The summed E-state index contributed by atoms with van der Waals surface area (Å²) in [5.74, 6) is 1.04. The van der Waals surface area contributed by atoms with Crippen molar-refractivity contribution < 1.29 is 0 Å². The monoisotopic (exact) mass is 168 g/mol. The fourth-order valence-electron chi connectivity index (χ4n) is 2.19. The molecule has 0 radical (unpaired) electrons. The summed E-state index contributed by atoms with van der Waals surface area (Å²) in [6.45, 7) is 2.36. The highest BCUT2D eigenvalue weighted by Gasteiger charge is 2.05. The highest BCUT2D eigenvalue weighted by Crippen LogP contribution is 2.22. The summed E-state index contributed by atoms with van der Waals surface area (Å²) in [5, 5.41) is 0. The molecule has 0 unspecified atom stereocenters. The van der Waals surface area contributed by atoms with E-state index in [1.807, 2.05) is 0 Å². The SMILES string of the molecule is C1CCCC1.CC1CCCCC1. The molecule has 0 bridgehead atoms. The van der Waals surface area contributed by atoms with Crippen LogP contribution in [0.15, 0.2) is 0 Å². The maximum Gasteiger partial charge on any atom is -0.0443 e. The van der Waals surface area contributed by atoms with Gasteiger partial charge in [-0.05, 0) is 5.92 Å². The molecule has 12 heavy (non-hydrogen) atoms. The predicted molar refractivity (Wildman–Crippen MR) is 55.3 cm³/mol. The van der Waals surface area contributed by atoms with Crippen molar-refractivity contribution in [1.82, 2.24) is 0 Å². The van der Waals surface area contributed by atoms with Crippen LogP contribution in [0.25, 0.3) is 0 Å². The quantitative estimate of drug-likeness (QED) is 0.498. The van der Waals surface area contributed by atoms with E-state index in [4.69, 9.17) is 0 Å². The molecule has 72 valence electrons. The van der Waals surface area contributed by atoms with Crippen molar-refractivity contribution >= 4 is 0 Å². The summed E-state index contributed by atoms with van der Waals surface area (Å²) in [5.41, 5.74) is 0. The van der Waals surface area contributed by atoms with Gasteiger partial charge in [-0.15, -0.1) is 0 Å². The number of rotatable bonds is 0. The third kappa shape index (κ3) is 4.79. The molecule has 0 heterocycles. The fourth-order valence-corrected chi connectivity index (χ4v) is 2.19. The summed E-state index contributed by atoms with van der Waals surface area (Å²) in [6, 6.07) is 0. The van der Waals surface area contributed by atoms with Gasteiger partial charge in [0.15, 0.2) is 0 Å². The molecule has 2 saturated carbocycles. The van der Waals surface area contributed by atoms with Crippen LogP contribution in [0.4, 0.5) is 0 Å². The van der Waals surface area contributed by atoms with E-state index in [0.717, 1.165) is 5.92 Å². The van der Waals surface area contributed by atoms with Gasteiger partial charge in [-0.1, -0.05) is 71.1 Å². The van der Waals surface area contributed by atoms with Crippen LogP contribution in [-0.4, -0.2) is 0 Å². The number of hydrogen-bond acceptors (Lipinski definition) is 0. The van der Waals surface area contributed by atoms with Crippen LogP contribution in [0.2, 0.25) is 0 Å². The Morgan fingerprint density at radius 3 is 1.17 bits per heavy atom. The molecule has 0 N–H and O–H groups in total. The molecule has 0 aliphatic heterocycles. The predicted octanol–water partition coefficient (Wildman–Crippen LogP) is 4.54. The highest BCUT2D eigenvalue weighted by molar-refractivity contribution is 4.59. The molecule has 0 atom stereocenters. The van der Waals surface area contributed by atoms with Gasteiger partial charge in [-0.3, -0.25) is 0 Å². The van der Waals surface area contributed by atoms with E-state index in [-0.39, 0.29) is 0 Å². The number of hydrogen-bond donors (Lipinski definition) is 0. The van der Waals surface area contributed by atoms with Crippen molar-refractivity contribution in [3.63, 3.8) is 0 Å². The highest BCUT2D eigenvalue weighted by atomic mass is 14.1. The lowest BCUT2D eigenvalue weighted by atomic mass is 9.91. The molecule has 0 saturated heterocycles. The smallest absolute Gasteiger partial charge is 0.0443 e. The van der Waals surface area contributed by atoms with Crippen molar-refractivity contribution in [2.75, 3.05) is 0 Å². The largest absolute Gasteiger partial charge is 0.0625 e.